The molecule has 12 heavy (non-hydrogen) atoms. The first-order valence-corrected chi connectivity index (χ1v) is 5.56. The maximum atomic E-state index is 10.3. The molecule has 0 rings (SSSR count). The van der Waals surface area contributed by atoms with Crippen LogP contribution in [0, 0.1) is 0 Å². The summed E-state index contributed by atoms with van der Waals surface area (Å²) in [5.74, 6) is 2.06. The predicted molar refractivity (Wildman–Crippen MR) is 57.2 cm³/mol. The molecule has 0 fully saturated rings. The van der Waals surface area contributed by atoms with Crippen LogP contribution in [0.5, 0.6) is 0 Å². The van der Waals surface area contributed by atoms with Gasteiger partial charge in [0, 0.05) is 11.3 Å². The topological polar surface area (TPSA) is 37.3 Å². The Morgan fingerprint density at radius 3 is 2.75 bits per heavy atom. The lowest BCUT2D eigenvalue weighted by atomic mass is 10.2. The van der Waals surface area contributed by atoms with Gasteiger partial charge < -0.3 is 5.11 Å². The highest BCUT2D eigenvalue weighted by Gasteiger charge is 1.97. The second-order valence-electron chi connectivity index (χ2n) is 2.32. The number of rotatable bonds is 6. The van der Waals surface area contributed by atoms with E-state index >= 15 is 0 Å². The van der Waals surface area contributed by atoms with Crippen LogP contribution in [0.15, 0.2) is 11.6 Å². The van der Waals surface area contributed by atoms with Crippen molar-refractivity contribution in [2.24, 2.45) is 0 Å². The molecule has 0 aliphatic heterocycles. The Balaban J connectivity index is 3.40. The molecule has 4 heteroatoms. The molecule has 0 aliphatic carbocycles. The highest BCUT2D eigenvalue weighted by atomic mass is 32.2. The number of hydrogen-bond acceptors (Lipinski definition) is 3. The van der Waals surface area contributed by atoms with E-state index < -0.39 is 5.97 Å². The highest BCUT2D eigenvalue weighted by Crippen LogP contribution is 2.05. The number of carboxylic acids is 1. The van der Waals surface area contributed by atoms with Gasteiger partial charge in [0.1, 0.15) is 0 Å². The van der Waals surface area contributed by atoms with Gasteiger partial charge in [0.25, 0.3) is 0 Å². The minimum absolute atomic E-state index is 0.432. The summed E-state index contributed by atoms with van der Waals surface area (Å²) in [6.45, 7) is 1.62. The highest BCUT2D eigenvalue weighted by molar-refractivity contribution is 7.99. The van der Waals surface area contributed by atoms with Crippen LogP contribution in [0.2, 0.25) is 0 Å². The van der Waals surface area contributed by atoms with Crippen molar-refractivity contribution in [1.29, 1.82) is 0 Å². The van der Waals surface area contributed by atoms with Crippen molar-refractivity contribution >= 4 is 30.4 Å². The van der Waals surface area contributed by atoms with Crippen LogP contribution < -0.4 is 0 Å². The average Bonchev–Trinajstić information content (AvgIpc) is 2.03. The van der Waals surface area contributed by atoms with E-state index in [-0.39, 0.29) is 0 Å². The van der Waals surface area contributed by atoms with E-state index in [0.717, 1.165) is 23.7 Å². The van der Waals surface area contributed by atoms with Crippen LogP contribution >= 0.6 is 24.4 Å². The molecule has 0 bridgehead atoms. The summed E-state index contributed by atoms with van der Waals surface area (Å²) in [4.78, 5) is 10.3. The quantitative estimate of drug-likeness (QED) is 0.397. The van der Waals surface area contributed by atoms with Crippen molar-refractivity contribution in [2.45, 2.75) is 13.3 Å². The minimum atomic E-state index is -0.825. The average molecular weight is 206 g/mol. The molecule has 70 valence electrons. The summed E-state index contributed by atoms with van der Waals surface area (Å²) in [7, 11) is 0. The minimum Gasteiger partial charge on any atom is -0.478 e. The molecule has 0 spiro atoms. The Morgan fingerprint density at radius 1 is 1.58 bits per heavy atom. The molecule has 0 saturated carbocycles. The molecule has 0 aromatic rings. The second-order valence-corrected chi connectivity index (χ2v) is 3.99. The molecule has 0 amide bonds. The largest absolute Gasteiger partial charge is 0.478 e. The van der Waals surface area contributed by atoms with E-state index in [1.165, 1.54) is 0 Å². The Labute approximate surface area is 82.8 Å². The van der Waals surface area contributed by atoms with E-state index in [4.69, 9.17) is 5.11 Å². The molecule has 0 aromatic heterocycles. The van der Waals surface area contributed by atoms with Gasteiger partial charge in [0.2, 0.25) is 0 Å². The van der Waals surface area contributed by atoms with Gasteiger partial charge in [-0.3, -0.25) is 0 Å². The van der Waals surface area contributed by atoms with Gasteiger partial charge in [-0.05, 0) is 24.9 Å². The Kier molecular flexibility index (Phi) is 7.50. The summed E-state index contributed by atoms with van der Waals surface area (Å²) in [5.41, 5.74) is 0.432. The van der Waals surface area contributed by atoms with Crippen molar-refractivity contribution in [1.82, 2.24) is 0 Å². The molecule has 2 nitrogen and oxygen atoms in total. The number of carbonyl (C=O) groups is 1. The smallest absolute Gasteiger partial charge is 0.330 e. The first-order chi connectivity index (χ1) is 5.68. The zero-order chi connectivity index (χ0) is 9.40. The van der Waals surface area contributed by atoms with Crippen LogP contribution in [0.4, 0.5) is 0 Å². The molecular weight excluding hydrogens is 192 g/mol. The van der Waals surface area contributed by atoms with Crippen LogP contribution in [-0.4, -0.2) is 28.3 Å². The number of thioether (sulfide) groups is 1. The fourth-order valence-electron chi connectivity index (χ4n) is 0.613. The van der Waals surface area contributed by atoms with Crippen molar-refractivity contribution in [3.8, 4) is 0 Å². The van der Waals surface area contributed by atoms with Gasteiger partial charge in [-0.2, -0.15) is 24.4 Å². The number of carboxylic acid groups (broad SMARTS) is 1. The van der Waals surface area contributed by atoms with E-state index in [9.17, 15) is 4.79 Å². The predicted octanol–water partition coefficient (Wildman–Crippen LogP) is 2.07. The maximum Gasteiger partial charge on any atom is 0.330 e. The second kappa shape index (κ2) is 7.55. The Morgan fingerprint density at radius 2 is 2.25 bits per heavy atom. The molecule has 0 aliphatic rings. The zero-order valence-corrected chi connectivity index (χ0v) is 8.83. The maximum absolute atomic E-state index is 10.3. The first kappa shape index (κ1) is 11.9. The van der Waals surface area contributed by atoms with Crippen LogP contribution in [0.1, 0.15) is 13.3 Å². The molecular formula is C8H14O2S2. The molecule has 1 N–H and O–H groups in total. The molecule has 0 heterocycles. The number of hydrogen-bond donors (Lipinski definition) is 2. The molecule has 0 atom stereocenters. The lowest BCUT2D eigenvalue weighted by molar-refractivity contribution is -0.132. The summed E-state index contributed by atoms with van der Waals surface area (Å²) in [5, 5.41) is 8.50. The van der Waals surface area contributed by atoms with Gasteiger partial charge in [-0.1, -0.05) is 6.08 Å². The van der Waals surface area contributed by atoms with Gasteiger partial charge in [0.05, 0.1) is 0 Å². The van der Waals surface area contributed by atoms with E-state index in [1.807, 2.05) is 0 Å². The van der Waals surface area contributed by atoms with Gasteiger partial charge >= 0.3 is 5.97 Å². The van der Waals surface area contributed by atoms with Crippen LogP contribution in [0.3, 0.4) is 0 Å². The third-order valence-electron chi connectivity index (χ3n) is 1.29. The third kappa shape index (κ3) is 6.61. The fourth-order valence-corrected chi connectivity index (χ4v) is 1.62. The summed E-state index contributed by atoms with van der Waals surface area (Å²) in [6.07, 6.45) is 2.59. The number of allylic oxidation sites excluding steroid dienone is 1. The van der Waals surface area contributed by atoms with Crippen LogP contribution in [-0.2, 0) is 4.79 Å². The lowest BCUT2D eigenvalue weighted by Gasteiger charge is -1.95. The van der Waals surface area contributed by atoms with E-state index in [1.54, 1.807) is 24.8 Å². The summed E-state index contributed by atoms with van der Waals surface area (Å²) in [6, 6.07) is 0. The van der Waals surface area contributed by atoms with Gasteiger partial charge in [0.15, 0.2) is 0 Å². The summed E-state index contributed by atoms with van der Waals surface area (Å²) >= 11 is 5.86. The first-order valence-electron chi connectivity index (χ1n) is 3.77. The molecule has 0 unspecified atom stereocenters. The monoisotopic (exact) mass is 206 g/mol. The third-order valence-corrected chi connectivity index (χ3v) is 2.83. The SMILES string of the molecule is CC(=CCCSCCS)C(=O)O. The van der Waals surface area contributed by atoms with Crippen molar-refractivity contribution in [2.75, 3.05) is 17.3 Å². The fraction of sp³-hybridized carbons (Fsp3) is 0.625. The lowest BCUT2D eigenvalue weighted by Crippen LogP contribution is -1.96. The molecule has 0 saturated heterocycles. The molecule has 0 radical (unpaired) electrons. The van der Waals surface area contributed by atoms with Gasteiger partial charge in [-0.25, -0.2) is 4.79 Å². The van der Waals surface area contributed by atoms with Crippen molar-refractivity contribution < 1.29 is 9.90 Å². The van der Waals surface area contributed by atoms with E-state index in [0.29, 0.717) is 5.57 Å². The van der Waals surface area contributed by atoms with Crippen LogP contribution in [0.25, 0.3) is 0 Å². The molecule has 0 aromatic carbocycles. The van der Waals surface area contributed by atoms with Crippen molar-refractivity contribution in [3.63, 3.8) is 0 Å². The Bertz CT molecular complexity index is 166. The standard InChI is InChI=1S/C8H14O2S2/c1-7(8(9)10)3-2-5-12-6-4-11/h3,11H,2,4-6H2,1H3,(H,9,10). The van der Waals surface area contributed by atoms with E-state index in [2.05, 4.69) is 12.6 Å². The van der Waals surface area contributed by atoms with Gasteiger partial charge in [-0.15, -0.1) is 0 Å². The summed E-state index contributed by atoms with van der Waals surface area (Å²) < 4.78 is 0. The van der Waals surface area contributed by atoms with Crippen molar-refractivity contribution in [3.05, 3.63) is 11.6 Å². The number of aliphatic carboxylic acids is 1. The Hall–Kier alpha value is -0.0900. The zero-order valence-electron chi connectivity index (χ0n) is 7.12. The normalized spacial score (nSPS) is 11.7. The number of thiol groups is 1.